The van der Waals surface area contributed by atoms with E-state index in [9.17, 15) is 9.59 Å². The molecule has 0 spiro atoms. The molecule has 1 aliphatic rings. The molecule has 150 valence electrons. The van der Waals surface area contributed by atoms with Crippen molar-refractivity contribution < 1.29 is 23.8 Å². The van der Waals surface area contributed by atoms with Crippen molar-refractivity contribution in [3.63, 3.8) is 0 Å². The molecule has 1 aliphatic heterocycles. The van der Waals surface area contributed by atoms with E-state index >= 15 is 0 Å². The Morgan fingerprint density at radius 2 is 1.73 bits per heavy atom. The summed E-state index contributed by atoms with van der Waals surface area (Å²) in [7, 11) is 1.35. The van der Waals surface area contributed by atoms with Gasteiger partial charge in [-0.3, -0.25) is 4.79 Å². The summed E-state index contributed by atoms with van der Waals surface area (Å²) < 4.78 is 16.4. The fraction of sp³-hybridized carbons (Fsp3) is 0.120. The molecule has 0 atom stereocenters. The Labute approximate surface area is 174 Å². The summed E-state index contributed by atoms with van der Waals surface area (Å²) in [6, 6.07) is 21.8. The van der Waals surface area contributed by atoms with Crippen LogP contribution in [0.2, 0.25) is 0 Å². The van der Waals surface area contributed by atoms with E-state index in [-0.39, 0.29) is 18.4 Å². The SMILES string of the molecule is COC(=O)c1ccc(COc2ccccc2C=C2COc3ccccc3C2=O)cc1. The van der Waals surface area contributed by atoms with Crippen LogP contribution >= 0.6 is 0 Å². The number of fused-ring (bicyclic) bond motifs is 1. The summed E-state index contributed by atoms with van der Waals surface area (Å²) in [5, 5.41) is 0. The molecule has 5 nitrogen and oxygen atoms in total. The van der Waals surface area contributed by atoms with E-state index < -0.39 is 0 Å². The normalized spacial score (nSPS) is 14.0. The van der Waals surface area contributed by atoms with Gasteiger partial charge in [0.25, 0.3) is 0 Å². The number of ketones is 1. The number of hydrogen-bond acceptors (Lipinski definition) is 5. The quantitative estimate of drug-likeness (QED) is 0.458. The summed E-state index contributed by atoms with van der Waals surface area (Å²) >= 11 is 0. The molecule has 4 rings (SSSR count). The number of rotatable bonds is 5. The predicted molar refractivity (Wildman–Crippen MR) is 113 cm³/mol. The van der Waals surface area contributed by atoms with Crippen molar-refractivity contribution in [1.82, 2.24) is 0 Å². The predicted octanol–water partition coefficient (Wildman–Crippen LogP) is 4.71. The van der Waals surface area contributed by atoms with Gasteiger partial charge >= 0.3 is 5.97 Å². The van der Waals surface area contributed by atoms with Crippen molar-refractivity contribution in [2.45, 2.75) is 6.61 Å². The highest BCUT2D eigenvalue weighted by Gasteiger charge is 2.23. The van der Waals surface area contributed by atoms with Gasteiger partial charge in [-0.05, 0) is 42.0 Å². The van der Waals surface area contributed by atoms with Crippen molar-refractivity contribution in [1.29, 1.82) is 0 Å². The topological polar surface area (TPSA) is 61.8 Å². The number of ether oxygens (including phenoxy) is 3. The molecule has 0 unspecified atom stereocenters. The van der Waals surface area contributed by atoms with E-state index in [4.69, 9.17) is 14.2 Å². The van der Waals surface area contributed by atoms with Gasteiger partial charge in [0.15, 0.2) is 5.78 Å². The molecule has 0 radical (unpaired) electrons. The zero-order chi connectivity index (χ0) is 20.9. The minimum atomic E-state index is -0.375. The third-order valence-electron chi connectivity index (χ3n) is 4.82. The third-order valence-corrected chi connectivity index (χ3v) is 4.82. The number of hydrogen-bond donors (Lipinski definition) is 0. The lowest BCUT2D eigenvalue weighted by Crippen LogP contribution is -2.18. The number of methoxy groups -OCH3 is 1. The smallest absolute Gasteiger partial charge is 0.337 e. The number of para-hydroxylation sites is 2. The van der Waals surface area contributed by atoms with Crippen molar-refractivity contribution in [3.05, 3.63) is 101 Å². The Morgan fingerprint density at radius 1 is 1.00 bits per heavy atom. The number of carbonyl (C=O) groups excluding carboxylic acids is 2. The summed E-state index contributed by atoms with van der Waals surface area (Å²) in [6.45, 7) is 0.550. The number of esters is 1. The number of carbonyl (C=O) groups is 2. The zero-order valence-corrected chi connectivity index (χ0v) is 16.5. The molecular formula is C25H20O5. The van der Waals surface area contributed by atoms with Gasteiger partial charge in [0.2, 0.25) is 0 Å². The molecule has 0 aromatic heterocycles. The van der Waals surface area contributed by atoms with Crippen LogP contribution in [0.4, 0.5) is 0 Å². The number of Topliss-reactive ketones (excluding diaryl/α,β-unsaturated/α-hetero) is 1. The summed E-state index contributed by atoms with van der Waals surface area (Å²) in [5.41, 5.74) is 3.35. The third kappa shape index (κ3) is 4.10. The summed E-state index contributed by atoms with van der Waals surface area (Å²) in [6.07, 6.45) is 1.81. The lowest BCUT2D eigenvalue weighted by Gasteiger charge is -2.19. The molecule has 0 aliphatic carbocycles. The van der Waals surface area contributed by atoms with Crippen molar-refractivity contribution in [2.24, 2.45) is 0 Å². The molecule has 3 aromatic rings. The van der Waals surface area contributed by atoms with E-state index in [0.29, 0.717) is 34.8 Å². The Hall–Kier alpha value is -3.86. The Morgan fingerprint density at radius 3 is 2.53 bits per heavy atom. The highest BCUT2D eigenvalue weighted by molar-refractivity contribution is 6.14. The van der Waals surface area contributed by atoms with E-state index in [1.165, 1.54) is 7.11 Å². The van der Waals surface area contributed by atoms with Crippen molar-refractivity contribution in [3.8, 4) is 11.5 Å². The second kappa shape index (κ2) is 8.66. The highest BCUT2D eigenvalue weighted by Crippen LogP contribution is 2.29. The van der Waals surface area contributed by atoms with Gasteiger partial charge in [-0.2, -0.15) is 0 Å². The van der Waals surface area contributed by atoms with Crippen LogP contribution in [0, 0.1) is 0 Å². The summed E-state index contributed by atoms with van der Waals surface area (Å²) in [4.78, 5) is 24.3. The van der Waals surface area contributed by atoms with Crippen LogP contribution < -0.4 is 9.47 Å². The standard InChI is InChI=1S/C25H20O5/c1-28-25(27)18-12-10-17(11-13-18)15-29-22-8-4-2-6-19(22)14-20-16-30-23-9-5-3-7-21(23)24(20)26/h2-14H,15-16H2,1H3. The molecule has 30 heavy (non-hydrogen) atoms. The van der Waals surface area contributed by atoms with Crippen molar-refractivity contribution in [2.75, 3.05) is 13.7 Å². The maximum atomic E-state index is 12.8. The fourth-order valence-electron chi connectivity index (χ4n) is 3.22. The lowest BCUT2D eigenvalue weighted by atomic mass is 9.98. The molecule has 0 saturated heterocycles. The minimum Gasteiger partial charge on any atom is -0.488 e. The van der Waals surface area contributed by atoms with Gasteiger partial charge in [0.1, 0.15) is 24.7 Å². The van der Waals surface area contributed by atoms with E-state index in [1.807, 2.05) is 54.6 Å². The molecule has 3 aromatic carbocycles. The molecule has 0 amide bonds. The fourth-order valence-corrected chi connectivity index (χ4v) is 3.22. The van der Waals surface area contributed by atoms with Crippen molar-refractivity contribution >= 4 is 17.8 Å². The molecular weight excluding hydrogens is 380 g/mol. The van der Waals surface area contributed by atoms with E-state index in [2.05, 4.69) is 0 Å². The largest absolute Gasteiger partial charge is 0.488 e. The van der Waals surface area contributed by atoms with Crippen LogP contribution in [0.3, 0.4) is 0 Å². The molecule has 0 fully saturated rings. The first-order valence-electron chi connectivity index (χ1n) is 9.52. The van der Waals surface area contributed by atoms with Gasteiger partial charge in [-0.15, -0.1) is 0 Å². The van der Waals surface area contributed by atoms with Gasteiger partial charge in [0.05, 0.1) is 18.2 Å². The van der Waals surface area contributed by atoms with Crippen LogP contribution in [-0.4, -0.2) is 25.5 Å². The summed E-state index contributed by atoms with van der Waals surface area (Å²) in [5.74, 6) is 0.860. The zero-order valence-electron chi connectivity index (χ0n) is 16.5. The monoisotopic (exact) mass is 400 g/mol. The lowest BCUT2D eigenvalue weighted by molar-refractivity contribution is 0.0600. The van der Waals surface area contributed by atoms with Crippen LogP contribution in [0.15, 0.2) is 78.4 Å². The Balaban J connectivity index is 1.51. The average Bonchev–Trinajstić information content (AvgIpc) is 2.80. The van der Waals surface area contributed by atoms with Crippen LogP contribution in [-0.2, 0) is 11.3 Å². The van der Waals surface area contributed by atoms with Crippen LogP contribution in [0.25, 0.3) is 6.08 Å². The van der Waals surface area contributed by atoms with Crippen LogP contribution in [0.5, 0.6) is 11.5 Å². The van der Waals surface area contributed by atoms with Gasteiger partial charge in [-0.1, -0.05) is 42.5 Å². The first-order chi connectivity index (χ1) is 14.7. The molecule has 0 saturated carbocycles. The van der Waals surface area contributed by atoms with E-state index in [0.717, 1.165) is 11.1 Å². The number of benzene rings is 3. The maximum Gasteiger partial charge on any atom is 0.337 e. The van der Waals surface area contributed by atoms with Gasteiger partial charge < -0.3 is 14.2 Å². The first kappa shape index (κ1) is 19.5. The molecule has 0 N–H and O–H groups in total. The Kier molecular flexibility index (Phi) is 5.61. The van der Waals surface area contributed by atoms with Gasteiger partial charge in [-0.25, -0.2) is 4.79 Å². The average molecular weight is 400 g/mol. The van der Waals surface area contributed by atoms with Gasteiger partial charge in [0, 0.05) is 11.1 Å². The second-order valence-corrected chi connectivity index (χ2v) is 6.80. The Bertz CT molecular complexity index is 1110. The maximum absolute atomic E-state index is 12.8. The molecule has 1 heterocycles. The second-order valence-electron chi connectivity index (χ2n) is 6.80. The van der Waals surface area contributed by atoms with Crippen LogP contribution in [0.1, 0.15) is 31.8 Å². The first-order valence-corrected chi connectivity index (χ1v) is 9.52. The minimum absolute atomic E-state index is 0.0370. The van der Waals surface area contributed by atoms with E-state index in [1.54, 1.807) is 24.3 Å². The molecule has 5 heteroatoms. The molecule has 0 bridgehead atoms. The highest BCUT2D eigenvalue weighted by atomic mass is 16.5.